The number of nitrogens with two attached hydrogens (primary N) is 1. The molecule has 2 aliphatic carbocycles. The van der Waals surface area contributed by atoms with Gasteiger partial charge in [-0.15, -0.1) is 0 Å². The number of carbonyl (C=O) groups excluding carboxylic acids is 1. The highest BCUT2D eigenvalue weighted by Crippen LogP contribution is 2.41. The molecule has 20 heavy (non-hydrogen) atoms. The normalized spacial score (nSPS) is 10.8. The van der Waals surface area contributed by atoms with E-state index in [1.807, 2.05) is 25.1 Å². The van der Waals surface area contributed by atoms with Gasteiger partial charge in [-0.25, -0.2) is 0 Å². The fourth-order valence-electron chi connectivity index (χ4n) is 2.59. The van der Waals surface area contributed by atoms with Gasteiger partial charge in [-0.1, -0.05) is 32.0 Å². The summed E-state index contributed by atoms with van der Waals surface area (Å²) >= 11 is 0. The van der Waals surface area contributed by atoms with Gasteiger partial charge in [0, 0.05) is 11.1 Å². The van der Waals surface area contributed by atoms with Crippen LogP contribution in [0.4, 0.5) is 5.69 Å². The summed E-state index contributed by atoms with van der Waals surface area (Å²) in [7, 11) is 0. The van der Waals surface area contributed by atoms with Crippen LogP contribution in [-0.4, -0.2) is 5.78 Å². The number of ketones is 1. The first-order chi connectivity index (χ1) is 9.38. The summed E-state index contributed by atoms with van der Waals surface area (Å²) in [6.07, 6.45) is 0. The quantitative estimate of drug-likeness (QED) is 0.839. The van der Waals surface area contributed by atoms with Gasteiger partial charge in [0.05, 0.1) is 11.3 Å². The maximum atomic E-state index is 11.9. The second-order valence-corrected chi connectivity index (χ2v) is 5.44. The Labute approximate surface area is 119 Å². The fourth-order valence-corrected chi connectivity index (χ4v) is 2.59. The highest BCUT2D eigenvalue weighted by Gasteiger charge is 2.25. The van der Waals surface area contributed by atoms with Crippen molar-refractivity contribution in [2.75, 3.05) is 5.73 Å². The van der Waals surface area contributed by atoms with Gasteiger partial charge in [0.2, 0.25) is 0 Å². The van der Waals surface area contributed by atoms with Crippen LogP contribution in [-0.2, 0) is 0 Å². The minimum atomic E-state index is -0.102. The predicted octanol–water partition coefficient (Wildman–Crippen LogP) is 3.88. The van der Waals surface area contributed by atoms with Crippen molar-refractivity contribution in [3.05, 3.63) is 40.5 Å². The van der Waals surface area contributed by atoms with Crippen molar-refractivity contribution >= 4 is 11.5 Å². The van der Waals surface area contributed by atoms with Crippen molar-refractivity contribution in [3.8, 4) is 17.2 Å². The Bertz CT molecular complexity index is 708. The van der Waals surface area contributed by atoms with E-state index in [0.717, 1.165) is 22.3 Å². The molecule has 0 aromatic rings. The summed E-state index contributed by atoms with van der Waals surface area (Å²) in [4.78, 5) is 11.9. The van der Waals surface area contributed by atoms with Crippen LogP contribution in [0.5, 0.6) is 0 Å². The first-order valence-electron chi connectivity index (χ1n) is 6.65. The molecular weight excluding hydrogens is 248 g/mol. The number of Topliss-reactive ketones (excluding diaryl/α,β-unsaturated/α-hetero) is 1. The van der Waals surface area contributed by atoms with E-state index in [9.17, 15) is 10.1 Å². The van der Waals surface area contributed by atoms with Gasteiger partial charge in [0.25, 0.3) is 0 Å². The standard InChI is InChI=1S/C17H18N2O/c1-9(2)12-6-5-10(3)15-13(7-12)16(11(4)20)17(19)14(15)8-18/h5-7,9H,19H2,1-4H3. The van der Waals surface area contributed by atoms with Gasteiger partial charge in [0.1, 0.15) is 6.07 Å². The maximum absolute atomic E-state index is 11.9. The number of nitrogens with zero attached hydrogens (tertiary/aromatic N) is 1. The second-order valence-electron chi connectivity index (χ2n) is 5.44. The highest BCUT2D eigenvalue weighted by atomic mass is 16.1. The molecule has 2 rings (SSSR count). The highest BCUT2D eigenvalue weighted by molar-refractivity contribution is 6.10. The SMILES string of the molecule is CC(=O)c1c2cc(C(C)C)ccc(C)c-2c(C#N)c1N. The largest absolute Gasteiger partial charge is 0.397 e. The lowest BCUT2D eigenvalue weighted by molar-refractivity contribution is 0.101. The van der Waals surface area contributed by atoms with Crippen LogP contribution in [0.2, 0.25) is 0 Å². The maximum Gasteiger partial charge on any atom is 0.162 e. The average molecular weight is 266 g/mol. The predicted molar refractivity (Wildman–Crippen MR) is 81.0 cm³/mol. The number of nitriles is 1. The first kappa shape index (κ1) is 14.1. The topological polar surface area (TPSA) is 66.9 Å². The molecule has 102 valence electrons. The molecule has 0 aromatic heterocycles. The summed E-state index contributed by atoms with van der Waals surface area (Å²) in [5.41, 5.74) is 10.9. The van der Waals surface area contributed by atoms with Crippen LogP contribution in [0.1, 0.15) is 53.7 Å². The Morgan fingerprint density at radius 3 is 2.50 bits per heavy atom. The van der Waals surface area contributed by atoms with E-state index in [-0.39, 0.29) is 5.78 Å². The van der Waals surface area contributed by atoms with Gasteiger partial charge in [-0.2, -0.15) is 5.26 Å². The zero-order chi connectivity index (χ0) is 15.0. The third kappa shape index (κ3) is 2.04. The molecule has 0 radical (unpaired) electrons. The Balaban J connectivity index is 2.97. The number of nitrogen functional groups attached to an aromatic ring is 1. The molecule has 0 aliphatic heterocycles. The minimum absolute atomic E-state index is 0.102. The lowest BCUT2D eigenvalue weighted by atomic mass is 9.99. The Morgan fingerprint density at radius 1 is 1.35 bits per heavy atom. The number of aryl methyl sites for hydroxylation is 1. The molecule has 0 spiro atoms. The van der Waals surface area contributed by atoms with Gasteiger partial charge in [0.15, 0.2) is 5.78 Å². The number of hydrogen-bond donors (Lipinski definition) is 1. The number of fused-ring (bicyclic) bond motifs is 1. The van der Waals surface area contributed by atoms with Gasteiger partial charge in [-0.05, 0) is 36.5 Å². The van der Waals surface area contributed by atoms with Gasteiger partial charge in [-0.3, -0.25) is 4.79 Å². The van der Waals surface area contributed by atoms with Crippen molar-refractivity contribution in [2.24, 2.45) is 0 Å². The molecule has 0 fully saturated rings. The Hall–Kier alpha value is -2.34. The van der Waals surface area contributed by atoms with E-state index in [0.29, 0.717) is 22.7 Å². The van der Waals surface area contributed by atoms with Crippen molar-refractivity contribution in [2.45, 2.75) is 33.6 Å². The molecule has 0 bridgehead atoms. The van der Waals surface area contributed by atoms with Crippen LogP contribution >= 0.6 is 0 Å². The molecule has 2 aliphatic rings. The van der Waals surface area contributed by atoms with E-state index in [2.05, 4.69) is 19.9 Å². The molecule has 0 atom stereocenters. The molecule has 0 heterocycles. The van der Waals surface area contributed by atoms with E-state index in [1.54, 1.807) is 0 Å². The smallest absolute Gasteiger partial charge is 0.162 e. The first-order valence-corrected chi connectivity index (χ1v) is 6.65. The number of anilines is 1. The molecule has 0 saturated carbocycles. The van der Waals surface area contributed by atoms with Crippen molar-refractivity contribution < 1.29 is 4.79 Å². The third-order valence-electron chi connectivity index (χ3n) is 3.69. The zero-order valence-corrected chi connectivity index (χ0v) is 12.2. The molecule has 3 heteroatoms. The van der Waals surface area contributed by atoms with Crippen LogP contribution < -0.4 is 5.73 Å². The van der Waals surface area contributed by atoms with Crippen LogP contribution in [0.25, 0.3) is 11.1 Å². The summed E-state index contributed by atoms with van der Waals surface area (Å²) in [5.74, 6) is 0.237. The van der Waals surface area contributed by atoms with Crippen LogP contribution in [0.15, 0.2) is 18.2 Å². The van der Waals surface area contributed by atoms with Gasteiger partial charge < -0.3 is 5.73 Å². The summed E-state index contributed by atoms with van der Waals surface area (Å²) in [6, 6.07) is 8.16. The second kappa shape index (κ2) is 4.97. The van der Waals surface area contributed by atoms with E-state index in [4.69, 9.17) is 5.73 Å². The number of rotatable bonds is 2. The molecule has 3 nitrogen and oxygen atoms in total. The van der Waals surface area contributed by atoms with E-state index >= 15 is 0 Å². The zero-order valence-electron chi connectivity index (χ0n) is 12.2. The Kier molecular flexibility index (Phi) is 3.50. The van der Waals surface area contributed by atoms with E-state index in [1.165, 1.54) is 6.92 Å². The monoisotopic (exact) mass is 266 g/mol. The molecule has 2 N–H and O–H groups in total. The minimum Gasteiger partial charge on any atom is -0.397 e. The van der Waals surface area contributed by atoms with Crippen molar-refractivity contribution in [1.82, 2.24) is 0 Å². The molecular formula is C17H18N2O. The lowest BCUT2D eigenvalue weighted by Gasteiger charge is -2.04. The third-order valence-corrected chi connectivity index (χ3v) is 3.69. The van der Waals surface area contributed by atoms with Crippen LogP contribution in [0, 0.1) is 18.3 Å². The molecule has 0 saturated heterocycles. The molecule has 0 amide bonds. The van der Waals surface area contributed by atoms with Crippen molar-refractivity contribution in [3.63, 3.8) is 0 Å². The van der Waals surface area contributed by atoms with Gasteiger partial charge >= 0.3 is 0 Å². The fraction of sp³-hybridized carbons (Fsp3) is 0.294. The molecule has 0 unspecified atom stereocenters. The summed E-state index contributed by atoms with van der Waals surface area (Å²) < 4.78 is 0. The lowest BCUT2D eigenvalue weighted by Crippen LogP contribution is -1.97. The van der Waals surface area contributed by atoms with Crippen molar-refractivity contribution in [1.29, 1.82) is 5.26 Å². The van der Waals surface area contributed by atoms with E-state index < -0.39 is 0 Å². The summed E-state index contributed by atoms with van der Waals surface area (Å²) in [6.45, 7) is 7.63. The van der Waals surface area contributed by atoms with Crippen LogP contribution in [0.3, 0.4) is 0 Å². The average Bonchev–Trinajstić information content (AvgIpc) is 2.54. The molecule has 0 aromatic carbocycles. The summed E-state index contributed by atoms with van der Waals surface area (Å²) in [5, 5.41) is 9.35. The number of carbonyl (C=O) groups is 1. The number of hydrogen-bond acceptors (Lipinski definition) is 3. The Morgan fingerprint density at radius 2 is 2.00 bits per heavy atom.